The van der Waals surface area contributed by atoms with E-state index in [9.17, 15) is 14.1 Å². The van der Waals surface area contributed by atoms with Crippen molar-refractivity contribution in [3.05, 3.63) is 34.7 Å². The maximum Gasteiger partial charge on any atom is 0.346 e. The standard InChI is InChI=1S/C13H14O3S2/c1-2-7-18(16)8-10-9-5-3-4-6-11(9)17-12(10)13(14)15/h3-6H,2,7-8H2,1H3,(H,14,15). The minimum absolute atomic E-state index is 0.320. The number of carbonyl (C=O) groups is 1. The molecule has 18 heavy (non-hydrogen) atoms. The Bertz CT molecular complexity index is 601. The zero-order valence-corrected chi connectivity index (χ0v) is 11.6. The minimum atomic E-state index is -0.989. The molecule has 2 aromatic rings. The molecule has 0 amide bonds. The van der Waals surface area contributed by atoms with Gasteiger partial charge < -0.3 is 5.11 Å². The molecule has 1 unspecified atom stereocenters. The van der Waals surface area contributed by atoms with E-state index in [0.717, 1.165) is 22.1 Å². The summed E-state index contributed by atoms with van der Waals surface area (Å²) in [6.45, 7) is 1.97. The Balaban J connectivity index is 2.48. The quantitative estimate of drug-likeness (QED) is 0.915. The lowest BCUT2D eigenvalue weighted by molar-refractivity contribution is 0.0701. The topological polar surface area (TPSA) is 54.4 Å². The van der Waals surface area contributed by atoms with Gasteiger partial charge >= 0.3 is 5.97 Å². The first kappa shape index (κ1) is 13.2. The van der Waals surface area contributed by atoms with Gasteiger partial charge in [-0.3, -0.25) is 4.21 Å². The molecule has 0 aliphatic carbocycles. The Morgan fingerprint density at radius 2 is 2.11 bits per heavy atom. The molecular weight excluding hydrogens is 268 g/mol. The van der Waals surface area contributed by atoms with E-state index in [1.165, 1.54) is 11.3 Å². The molecule has 0 saturated carbocycles. The van der Waals surface area contributed by atoms with Crippen LogP contribution in [0, 0.1) is 0 Å². The van der Waals surface area contributed by atoms with Gasteiger partial charge in [-0.1, -0.05) is 25.1 Å². The summed E-state index contributed by atoms with van der Waals surface area (Å²) in [6, 6.07) is 7.57. The first-order chi connectivity index (χ1) is 8.63. The van der Waals surface area contributed by atoms with Crippen LogP contribution in [0.1, 0.15) is 28.6 Å². The monoisotopic (exact) mass is 282 g/mol. The highest BCUT2D eigenvalue weighted by molar-refractivity contribution is 7.84. The lowest BCUT2D eigenvalue weighted by atomic mass is 10.1. The molecule has 3 nitrogen and oxygen atoms in total. The summed E-state index contributed by atoms with van der Waals surface area (Å²) in [5.41, 5.74) is 0.717. The van der Waals surface area contributed by atoms with Crippen molar-refractivity contribution in [1.29, 1.82) is 0 Å². The summed E-state index contributed by atoms with van der Waals surface area (Å²) < 4.78 is 12.8. The highest BCUT2D eigenvalue weighted by Crippen LogP contribution is 2.32. The summed E-state index contributed by atoms with van der Waals surface area (Å²) in [6.07, 6.45) is 0.844. The molecule has 1 N–H and O–H groups in total. The van der Waals surface area contributed by atoms with Crippen LogP contribution in [0.3, 0.4) is 0 Å². The van der Waals surface area contributed by atoms with Crippen molar-refractivity contribution in [3.63, 3.8) is 0 Å². The van der Waals surface area contributed by atoms with Crippen LogP contribution in [0.2, 0.25) is 0 Å². The molecule has 0 fully saturated rings. The van der Waals surface area contributed by atoms with Crippen molar-refractivity contribution < 1.29 is 14.1 Å². The molecule has 0 saturated heterocycles. The second-order valence-electron chi connectivity index (χ2n) is 4.00. The Morgan fingerprint density at radius 1 is 1.39 bits per heavy atom. The summed E-state index contributed by atoms with van der Waals surface area (Å²) in [7, 11) is -0.989. The maximum atomic E-state index is 11.9. The summed E-state index contributed by atoms with van der Waals surface area (Å²) >= 11 is 1.26. The largest absolute Gasteiger partial charge is 0.477 e. The summed E-state index contributed by atoms with van der Waals surface area (Å²) in [5.74, 6) is 0.0163. The van der Waals surface area contributed by atoms with E-state index < -0.39 is 16.8 Å². The molecule has 0 aliphatic rings. The molecule has 1 aromatic carbocycles. The van der Waals surface area contributed by atoms with Crippen LogP contribution in [-0.4, -0.2) is 21.0 Å². The molecule has 0 spiro atoms. The molecule has 1 atom stereocenters. The molecule has 1 heterocycles. The van der Waals surface area contributed by atoms with Gasteiger partial charge in [0.25, 0.3) is 0 Å². The fraction of sp³-hybridized carbons (Fsp3) is 0.308. The van der Waals surface area contributed by atoms with Gasteiger partial charge in [0.15, 0.2) is 0 Å². The van der Waals surface area contributed by atoms with Crippen LogP contribution < -0.4 is 0 Å². The van der Waals surface area contributed by atoms with Gasteiger partial charge in [0.05, 0.1) is 5.75 Å². The van der Waals surface area contributed by atoms with Crippen molar-refractivity contribution in [1.82, 2.24) is 0 Å². The fourth-order valence-corrected chi connectivity index (χ4v) is 4.25. The zero-order chi connectivity index (χ0) is 13.1. The third kappa shape index (κ3) is 2.62. The summed E-state index contributed by atoms with van der Waals surface area (Å²) in [5, 5.41) is 10.1. The Labute approximate surface area is 112 Å². The van der Waals surface area contributed by atoms with Crippen molar-refractivity contribution in [3.8, 4) is 0 Å². The SMILES string of the molecule is CCCS(=O)Cc1c(C(=O)O)sc2ccccc12. The number of thiophene rings is 1. The summed E-state index contributed by atoms with van der Waals surface area (Å²) in [4.78, 5) is 11.6. The van der Waals surface area contributed by atoms with E-state index in [1.807, 2.05) is 31.2 Å². The molecule has 2 rings (SSSR count). The maximum absolute atomic E-state index is 11.9. The first-order valence-corrected chi connectivity index (χ1v) is 8.02. The second kappa shape index (κ2) is 5.63. The van der Waals surface area contributed by atoms with Gasteiger partial charge in [-0.2, -0.15) is 0 Å². The lowest BCUT2D eigenvalue weighted by Gasteiger charge is -2.01. The average Bonchev–Trinajstić information content (AvgIpc) is 2.69. The predicted octanol–water partition coefficient (Wildman–Crippen LogP) is 3.26. The smallest absolute Gasteiger partial charge is 0.346 e. The molecular formula is C13H14O3S2. The lowest BCUT2D eigenvalue weighted by Crippen LogP contribution is -2.04. The number of rotatable bonds is 5. The number of benzene rings is 1. The van der Waals surface area contributed by atoms with Gasteiger partial charge in [0, 0.05) is 21.3 Å². The molecule has 0 radical (unpaired) electrons. The van der Waals surface area contributed by atoms with Crippen LogP contribution in [0.4, 0.5) is 0 Å². The average molecular weight is 282 g/mol. The van der Waals surface area contributed by atoms with E-state index in [4.69, 9.17) is 0 Å². The number of hydrogen-bond acceptors (Lipinski definition) is 3. The van der Waals surface area contributed by atoms with Crippen LogP contribution >= 0.6 is 11.3 Å². The van der Waals surface area contributed by atoms with Crippen molar-refractivity contribution in [2.75, 3.05) is 5.75 Å². The van der Waals surface area contributed by atoms with Crippen LogP contribution in [0.15, 0.2) is 24.3 Å². The van der Waals surface area contributed by atoms with Crippen molar-refractivity contribution >= 4 is 38.2 Å². The van der Waals surface area contributed by atoms with Crippen molar-refractivity contribution in [2.45, 2.75) is 19.1 Å². The third-order valence-corrected chi connectivity index (χ3v) is 5.30. The van der Waals surface area contributed by atoms with E-state index >= 15 is 0 Å². The first-order valence-electron chi connectivity index (χ1n) is 5.72. The highest BCUT2D eigenvalue weighted by atomic mass is 32.2. The number of carboxylic acid groups (broad SMARTS) is 1. The molecule has 96 valence electrons. The molecule has 0 aliphatic heterocycles. The van der Waals surface area contributed by atoms with E-state index in [2.05, 4.69) is 0 Å². The normalized spacial score (nSPS) is 12.7. The Kier molecular flexibility index (Phi) is 4.14. The van der Waals surface area contributed by atoms with Gasteiger partial charge in [0.1, 0.15) is 4.88 Å². The predicted molar refractivity (Wildman–Crippen MR) is 75.8 cm³/mol. The van der Waals surface area contributed by atoms with Crippen LogP contribution in [-0.2, 0) is 16.6 Å². The minimum Gasteiger partial charge on any atom is -0.477 e. The Hall–Kier alpha value is -1.20. The van der Waals surface area contributed by atoms with Crippen LogP contribution in [0.25, 0.3) is 10.1 Å². The van der Waals surface area contributed by atoms with Gasteiger partial charge in [-0.15, -0.1) is 11.3 Å². The molecule has 0 bridgehead atoms. The third-order valence-electron chi connectivity index (χ3n) is 2.63. The van der Waals surface area contributed by atoms with Crippen molar-refractivity contribution in [2.24, 2.45) is 0 Å². The Morgan fingerprint density at radius 3 is 2.78 bits per heavy atom. The van der Waals surface area contributed by atoms with E-state index in [-0.39, 0.29) is 0 Å². The van der Waals surface area contributed by atoms with E-state index in [1.54, 1.807) is 0 Å². The number of carboxylic acids is 1. The number of fused-ring (bicyclic) bond motifs is 1. The van der Waals surface area contributed by atoms with E-state index in [0.29, 0.717) is 16.4 Å². The number of aromatic carboxylic acids is 1. The van der Waals surface area contributed by atoms with Gasteiger partial charge in [-0.25, -0.2) is 4.79 Å². The van der Waals surface area contributed by atoms with Gasteiger partial charge in [-0.05, 0) is 23.4 Å². The fourth-order valence-electron chi connectivity index (χ4n) is 1.88. The van der Waals surface area contributed by atoms with Crippen LogP contribution in [0.5, 0.6) is 0 Å². The zero-order valence-electron chi connectivity index (χ0n) is 10.0. The second-order valence-corrected chi connectivity index (χ2v) is 6.63. The molecule has 1 aromatic heterocycles. The van der Waals surface area contributed by atoms with Gasteiger partial charge in [0.2, 0.25) is 0 Å². The highest BCUT2D eigenvalue weighted by Gasteiger charge is 2.18. The molecule has 5 heteroatoms. The number of hydrogen-bond donors (Lipinski definition) is 1.